The van der Waals surface area contributed by atoms with Crippen molar-refractivity contribution in [3.63, 3.8) is 0 Å². The summed E-state index contributed by atoms with van der Waals surface area (Å²) in [6.45, 7) is 5.65. The molecule has 27 heavy (non-hydrogen) atoms. The number of hydrogen-bond acceptors (Lipinski definition) is 3. The third-order valence-corrected chi connectivity index (χ3v) is 4.80. The summed E-state index contributed by atoms with van der Waals surface area (Å²) in [6.07, 6.45) is -0.639. The molecule has 5 nitrogen and oxygen atoms in total. The molecule has 0 bridgehead atoms. The summed E-state index contributed by atoms with van der Waals surface area (Å²) in [5.41, 5.74) is 3.83. The van der Waals surface area contributed by atoms with Crippen LogP contribution in [-0.4, -0.2) is 21.8 Å². The number of aromatic nitrogens is 2. The van der Waals surface area contributed by atoms with Crippen LogP contribution in [0.25, 0.3) is 11.1 Å². The molecule has 0 aliphatic rings. The molecule has 1 heterocycles. The zero-order valence-electron chi connectivity index (χ0n) is 15.8. The number of carbonyl (C=O) groups is 1. The summed E-state index contributed by atoms with van der Waals surface area (Å²) in [6, 6.07) is 15.6. The van der Waals surface area contributed by atoms with Gasteiger partial charge < -0.3 is 10.1 Å². The molecule has 1 amide bonds. The molecule has 0 spiro atoms. The molecule has 2 aromatic carbocycles. The van der Waals surface area contributed by atoms with E-state index in [2.05, 4.69) is 26.3 Å². The molecule has 0 aliphatic heterocycles. The zero-order valence-corrected chi connectivity index (χ0v) is 17.4. The fourth-order valence-corrected chi connectivity index (χ4v) is 3.19. The lowest BCUT2D eigenvalue weighted by Gasteiger charge is -2.16. The molecule has 3 aromatic rings. The van der Waals surface area contributed by atoms with Gasteiger partial charge in [-0.15, -0.1) is 0 Å². The molecule has 0 aliphatic carbocycles. The van der Waals surface area contributed by atoms with Crippen LogP contribution in [0.15, 0.2) is 53.0 Å². The van der Waals surface area contributed by atoms with E-state index in [1.807, 2.05) is 69.4 Å². The van der Waals surface area contributed by atoms with Gasteiger partial charge in [-0.25, -0.2) is 0 Å². The van der Waals surface area contributed by atoms with Gasteiger partial charge in [0, 0.05) is 17.1 Å². The number of nitrogens with zero attached hydrogens (tertiary/aromatic N) is 2. The van der Waals surface area contributed by atoms with Crippen molar-refractivity contribution in [2.45, 2.75) is 26.9 Å². The van der Waals surface area contributed by atoms with Crippen LogP contribution >= 0.6 is 15.9 Å². The van der Waals surface area contributed by atoms with E-state index in [1.54, 1.807) is 11.6 Å². The Balaban J connectivity index is 1.82. The van der Waals surface area contributed by atoms with E-state index in [0.717, 1.165) is 26.9 Å². The molecule has 3 rings (SSSR count). The van der Waals surface area contributed by atoms with Gasteiger partial charge in [-0.3, -0.25) is 9.48 Å². The SMILES string of the molecule is Cc1cccc(OC(C)C(=O)Nc2c(-c3ccc(Br)cc3)c(C)nn2C)c1. The van der Waals surface area contributed by atoms with Gasteiger partial charge in [0.25, 0.3) is 5.91 Å². The normalized spacial score (nSPS) is 11.9. The Morgan fingerprint density at radius 3 is 2.56 bits per heavy atom. The van der Waals surface area contributed by atoms with Gasteiger partial charge in [0.05, 0.1) is 5.69 Å². The third kappa shape index (κ3) is 4.39. The highest BCUT2D eigenvalue weighted by Crippen LogP contribution is 2.32. The minimum Gasteiger partial charge on any atom is -0.481 e. The lowest BCUT2D eigenvalue weighted by Crippen LogP contribution is -2.31. The molecule has 140 valence electrons. The summed E-state index contributed by atoms with van der Waals surface area (Å²) in [7, 11) is 1.82. The van der Waals surface area contributed by atoms with E-state index < -0.39 is 6.10 Å². The third-order valence-electron chi connectivity index (χ3n) is 4.27. The average molecular weight is 428 g/mol. The lowest BCUT2D eigenvalue weighted by molar-refractivity contribution is -0.122. The van der Waals surface area contributed by atoms with Gasteiger partial charge >= 0.3 is 0 Å². The van der Waals surface area contributed by atoms with E-state index in [4.69, 9.17) is 4.74 Å². The number of anilines is 1. The van der Waals surface area contributed by atoms with Gasteiger partial charge in [0.15, 0.2) is 6.10 Å². The lowest BCUT2D eigenvalue weighted by atomic mass is 10.1. The van der Waals surface area contributed by atoms with Crippen LogP contribution in [0.3, 0.4) is 0 Å². The molecule has 0 radical (unpaired) electrons. The van der Waals surface area contributed by atoms with Gasteiger partial charge in [-0.1, -0.05) is 40.2 Å². The quantitative estimate of drug-likeness (QED) is 0.631. The number of ether oxygens (including phenoxy) is 1. The van der Waals surface area contributed by atoms with Crippen molar-refractivity contribution >= 4 is 27.7 Å². The molecule has 6 heteroatoms. The highest BCUT2D eigenvalue weighted by atomic mass is 79.9. The summed E-state index contributed by atoms with van der Waals surface area (Å²) in [4.78, 5) is 12.7. The van der Waals surface area contributed by atoms with E-state index >= 15 is 0 Å². The second kappa shape index (κ2) is 7.96. The van der Waals surface area contributed by atoms with E-state index in [9.17, 15) is 4.79 Å². The summed E-state index contributed by atoms with van der Waals surface area (Å²) in [5, 5.41) is 7.44. The molecule has 0 saturated carbocycles. The molecule has 1 unspecified atom stereocenters. The predicted molar refractivity (Wildman–Crippen MR) is 111 cm³/mol. The van der Waals surface area contributed by atoms with E-state index in [1.165, 1.54) is 0 Å². The minimum atomic E-state index is -0.639. The Hall–Kier alpha value is -2.60. The van der Waals surface area contributed by atoms with Gasteiger partial charge in [0.2, 0.25) is 0 Å². The Morgan fingerprint density at radius 1 is 1.19 bits per heavy atom. The highest BCUT2D eigenvalue weighted by molar-refractivity contribution is 9.10. The summed E-state index contributed by atoms with van der Waals surface area (Å²) >= 11 is 3.45. The number of amides is 1. The van der Waals surface area contributed by atoms with Crippen LogP contribution in [0.5, 0.6) is 5.75 Å². The maximum absolute atomic E-state index is 12.7. The van der Waals surface area contributed by atoms with Crippen molar-refractivity contribution in [3.8, 4) is 16.9 Å². The number of hydrogen-bond donors (Lipinski definition) is 1. The summed E-state index contributed by atoms with van der Waals surface area (Å²) in [5.74, 6) is 1.10. The van der Waals surface area contributed by atoms with Crippen molar-refractivity contribution < 1.29 is 9.53 Å². The highest BCUT2D eigenvalue weighted by Gasteiger charge is 2.21. The second-order valence-corrected chi connectivity index (χ2v) is 7.42. The first-order chi connectivity index (χ1) is 12.8. The topological polar surface area (TPSA) is 56.1 Å². The first-order valence-corrected chi connectivity index (χ1v) is 9.48. The number of nitrogens with one attached hydrogen (secondary N) is 1. The molecular formula is C21H22BrN3O2. The molecule has 1 aromatic heterocycles. The van der Waals surface area contributed by atoms with Crippen molar-refractivity contribution in [3.05, 3.63) is 64.3 Å². The van der Waals surface area contributed by atoms with Crippen LogP contribution in [-0.2, 0) is 11.8 Å². The fraction of sp³-hybridized carbons (Fsp3) is 0.238. The Kier molecular flexibility index (Phi) is 5.65. The number of carbonyl (C=O) groups excluding carboxylic acids is 1. The number of benzene rings is 2. The maximum Gasteiger partial charge on any atom is 0.266 e. The molecule has 1 atom stereocenters. The van der Waals surface area contributed by atoms with Crippen molar-refractivity contribution in [1.82, 2.24) is 9.78 Å². The van der Waals surface area contributed by atoms with Crippen LogP contribution in [0.1, 0.15) is 18.2 Å². The minimum absolute atomic E-state index is 0.224. The van der Waals surface area contributed by atoms with E-state index in [0.29, 0.717) is 11.6 Å². The predicted octanol–water partition coefficient (Wildman–Crippen LogP) is 4.87. The molecule has 0 saturated heterocycles. The average Bonchev–Trinajstić information content (AvgIpc) is 2.89. The monoisotopic (exact) mass is 427 g/mol. The summed E-state index contributed by atoms with van der Waals surface area (Å²) < 4.78 is 8.47. The number of rotatable bonds is 5. The van der Waals surface area contributed by atoms with Crippen LogP contribution in [0.2, 0.25) is 0 Å². The van der Waals surface area contributed by atoms with E-state index in [-0.39, 0.29) is 5.91 Å². The van der Waals surface area contributed by atoms with Crippen molar-refractivity contribution in [1.29, 1.82) is 0 Å². The molecule has 1 N–H and O–H groups in total. The number of aryl methyl sites for hydroxylation is 3. The maximum atomic E-state index is 12.7. The molecular weight excluding hydrogens is 406 g/mol. The Morgan fingerprint density at radius 2 is 1.89 bits per heavy atom. The van der Waals surface area contributed by atoms with Crippen LogP contribution < -0.4 is 10.1 Å². The van der Waals surface area contributed by atoms with Gasteiger partial charge in [-0.05, 0) is 56.2 Å². The Labute approximate surface area is 167 Å². The largest absolute Gasteiger partial charge is 0.481 e. The second-order valence-electron chi connectivity index (χ2n) is 6.51. The smallest absolute Gasteiger partial charge is 0.266 e. The standard InChI is InChI=1S/C21H22BrN3O2/c1-13-6-5-7-18(12-13)27-15(3)21(26)23-20-19(14(2)24-25(20)4)16-8-10-17(22)11-9-16/h5-12,15H,1-4H3,(H,23,26). The van der Waals surface area contributed by atoms with Gasteiger partial charge in [-0.2, -0.15) is 5.10 Å². The van der Waals surface area contributed by atoms with Crippen LogP contribution in [0, 0.1) is 13.8 Å². The first kappa shape index (κ1) is 19.2. The molecule has 0 fully saturated rings. The van der Waals surface area contributed by atoms with Crippen LogP contribution in [0.4, 0.5) is 5.82 Å². The number of halogens is 1. The van der Waals surface area contributed by atoms with Gasteiger partial charge in [0.1, 0.15) is 11.6 Å². The zero-order chi connectivity index (χ0) is 19.6. The fourth-order valence-electron chi connectivity index (χ4n) is 2.93. The van der Waals surface area contributed by atoms with Crippen molar-refractivity contribution in [2.75, 3.05) is 5.32 Å². The van der Waals surface area contributed by atoms with Crippen molar-refractivity contribution in [2.24, 2.45) is 7.05 Å². The Bertz CT molecular complexity index is 964. The first-order valence-electron chi connectivity index (χ1n) is 8.69.